The van der Waals surface area contributed by atoms with Crippen LogP contribution in [0.3, 0.4) is 0 Å². The van der Waals surface area contributed by atoms with E-state index < -0.39 is 6.04 Å². The van der Waals surface area contributed by atoms with Crippen LogP contribution in [0.25, 0.3) is 5.69 Å². The summed E-state index contributed by atoms with van der Waals surface area (Å²) in [6.07, 6.45) is 0.470. The number of nitrogens with one attached hydrogen (secondary N) is 1. The van der Waals surface area contributed by atoms with Gasteiger partial charge in [0.1, 0.15) is 5.75 Å². The predicted octanol–water partition coefficient (Wildman–Crippen LogP) is 5.69. The number of benzene rings is 4. The van der Waals surface area contributed by atoms with Crippen LogP contribution >= 0.6 is 11.8 Å². The van der Waals surface area contributed by atoms with E-state index in [1.165, 1.54) is 16.8 Å². The molecule has 0 bridgehead atoms. The van der Waals surface area contributed by atoms with Crippen LogP contribution in [0.2, 0.25) is 0 Å². The minimum atomic E-state index is -0.434. The van der Waals surface area contributed by atoms with Gasteiger partial charge in [0.05, 0.1) is 45.4 Å². The Bertz CT molecular complexity index is 1910. The van der Waals surface area contributed by atoms with Crippen LogP contribution in [0.15, 0.2) is 113 Å². The third-order valence-corrected chi connectivity index (χ3v) is 8.78. The van der Waals surface area contributed by atoms with Crippen molar-refractivity contribution in [2.75, 3.05) is 27.1 Å². The van der Waals surface area contributed by atoms with Crippen molar-refractivity contribution in [2.45, 2.75) is 24.2 Å². The largest absolute Gasteiger partial charge is 0.497 e. The molecular formula is C36H34N6O5S. The molecule has 0 spiro atoms. The fraction of sp³-hybridized carbons (Fsp3) is 0.194. The maximum Gasteiger partial charge on any atom is 0.253 e. The summed E-state index contributed by atoms with van der Waals surface area (Å²) in [5.41, 5.74) is 3.78. The van der Waals surface area contributed by atoms with Gasteiger partial charge in [0.15, 0.2) is 22.5 Å². The summed E-state index contributed by atoms with van der Waals surface area (Å²) in [5, 5.41) is 18.6. The van der Waals surface area contributed by atoms with Gasteiger partial charge in [-0.1, -0.05) is 60.3 Å². The van der Waals surface area contributed by atoms with Gasteiger partial charge < -0.3 is 19.5 Å². The molecule has 48 heavy (non-hydrogen) atoms. The van der Waals surface area contributed by atoms with E-state index in [1.54, 1.807) is 33.5 Å². The maximum atomic E-state index is 14.1. The molecule has 1 aliphatic heterocycles. The molecule has 1 atom stereocenters. The van der Waals surface area contributed by atoms with Crippen LogP contribution in [-0.2, 0) is 11.3 Å². The number of aromatic nitrogens is 3. The molecule has 0 aliphatic carbocycles. The van der Waals surface area contributed by atoms with E-state index in [1.807, 2.05) is 95.6 Å². The third kappa shape index (κ3) is 6.88. The first-order chi connectivity index (χ1) is 23.5. The Balaban J connectivity index is 1.27. The lowest BCUT2D eigenvalue weighted by atomic mass is 9.97. The molecule has 0 fully saturated rings. The number of rotatable bonds is 12. The van der Waals surface area contributed by atoms with E-state index in [0.29, 0.717) is 34.5 Å². The number of hydrogen-bond donors (Lipinski definition) is 1. The molecule has 1 aromatic heterocycles. The molecule has 5 aromatic rings. The van der Waals surface area contributed by atoms with Crippen LogP contribution in [0.1, 0.15) is 39.8 Å². The molecule has 0 saturated carbocycles. The topological polar surface area (TPSA) is 120 Å². The monoisotopic (exact) mass is 662 g/mol. The standard InChI is InChI=1S/C36H34N6O5S/c1-45-27-19-17-24(18-20-27)29-21-30(28-15-10-16-31(46-2)34(28)47-3)42(40-29)33(43)23-48-36-39-38-32(41(36)26-13-8-5-9-14-26)22-37-35(44)25-11-6-4-7-12-25/h4-20,30H,21-23H2,1-3H3,(H,37,44)/t30-/m1/s1. The molecule has 0 unspecified atom stereocenters. The van der Waals surface area contributed by atoms with Crippen LogP contribution in [0.5, 0.6) is 17.2 Å². The molecule has 1 aliphatic rings. The highest BCUT2D eigenvalue weighted by molar-refractivity contribution is 7.99. The Labute approximate surface area is 282 Å². The second-order valence-electron chi connectivity index (χ2n) is 10.7. The van der Waals surface area contributed by atoms with Gasteiger partial charge in [0.2, 0.25) is 0 Å². The Morgan fingerprint density at radius 1 is 0.833 bits per heavy atom. The highest BCUT2D eigenvalue weighted by atomic mass is 32.2. The van der Waals surface area contributed by atoms with Crippen molar-refractivity contribution in [3.63, 3.8) is 0 Å². The van der Waals surface area contributed by atoms with Crippen molar-refractivity contribution < 1.29 is 23.8 Å². The number of carbonyl (C=O) groups excluding carboxylic acids is 2. The van der Waals surface area contributed by atoms with Crippen molar-refractivity contribution >= 4 is 29.3 Å². The van der Waals surface area contributed by atoms with E-state index >= 15 is 0 Å². The Morgan fingerprint density at radius 2 is 1.56 bits per heavy atom. The molecule has 11 nitrogen and oxygen atoms in total. The molecule has 0 radical (unpaired) electrons. The second kappa shape index (κ2) is 14.9. The Morgan fingerprint density at radius 3 is 2.25 bits per heavy atom. The van der Waals surface area contributed by atoms with E-state index in [4.69, 9.17) is 19.3 Å². The SMILES string of the molecule is COc1ccc(C2=NN(C(=O)CSc3nnc(CNC(=O)c4ccccc4)n3-c3ccccc3)[C@@H](c3cccc(OC)c3OC)C2)cc1. The van der Waals surface area contributed by atoms with Crippen LogP contribution < -0.4 is 19.5 Å². The van der Waals surface area contributed by atoms with E-state index in [-0.39, 0.29) is 24.1 Å². The Hall–Kier alpha value is -5.62. The van der Waals surface area contributed by atoms with E-state index in [2.05, 4.69) is 15.5 Å². The highest BCUT2D eigenvalue weighted by Gasteiger charge is 2.36. The predicted molar refractivity (Wildman–Crippen MR) is 183 cm³/mol. The van der Waals surface area contributed by atoms with Gasteiger partial charge in [-0.05, 0) is 60.2 Å². The number of methoxy groups -OCH3 is 3. The van der Waals surface area contributed by atoms with Gasteiger partial charge in [0.25, 0.3) is 11.8 Å². The summed E-state index contributed by atoms with van der Waals surface area (Å²) in [6, 6.07) is 31.4. The smallest absolute Gasteiger partial charge is 0.253 e. The quantitative estimate of drug-likeness (QED) is 0.169. The zero-order valence-electron chi connectivity index (χ0n) is 26.7. The number of thioether (sulfide) groups is 1. The number of hydrogen-bond acceptors (Lipinski definition) is 9. The fourth-order valence-electron chi connectivity index (χ4n) is 5.50. The van der Waals surface area contributed by atoms with Crippen LogP contribution in [0.4, 0.5) is 0 Å². The first-order valence-corrected chi connectivity index (χ1v) is 16.2. The third-order valence-electron chi connectivity index (χ3n) is 7.86. The lowest BCUT2D eigenvalue weighted by Gasteiger charge is -2.24. The minimum absolute atomic E-state index is 0.0313. The molecule has 0 saturated heterocycles. The van der Waals surface area contributed by atoms with Gasteiger partial charge in [-0.3, -0.25) is 14.2 Å². The van der Waals surface area contributed by atoms with Gasteiger partial charge in [0, 0.05) is 23.2 Å². The van der Waals surface area contributed by atoms with Gasteiger partial charge in [-0.25, -0.2) is 5.01 Å². The molecule has 2 heterocycles. The fourth-order valence-corrected chi connectivity index (χ4v) is 6.33. The molecular weight excluding hydrogens is 629 g/mol. The van der Waals surface area contributed by atoms with Crippen molar-refractivity contribution in [3.8, 4) is 22.9 Å². The molecule has 2 amide bonds. The summed E-state index contributed by atoms with van der Waals surface area (Å²) in [7, 11) is 4.78. The van der Waals surface area contributed by atoms with Crippen LogP contribution in [0, 0.1) is 0 Å². The van der Waals surface area contributed by atoms with E-state index in [9.17, 15) is 9.59 Å². The maximum absolute atomic E-state index is 14.1. The lowest BCUT2D eigenvalue weighted by molar-refractivity contribution is -0.130. The molecule has 4 aromatic carbocycles. The zero-order chi connectivity index (χ0) is 33.5. The number of para-hydroxylation sites is 2. The average molecular weight is 663 g/mol. The van der Waals surface area contributed by atoms with Gasteiger partial charge in [-0.15, -0.1) is 10.2 Å². The summed E-state index contributed by atoms with van der Waals surface area (Å²) in [4.78, 5) is 26.8. The summed E-state index contributed by atoms with van der Waals surface area (Å²) < 4.78 is 18.5. The zero-order valence-corrected chi connectivity index (χ0v) is 27.5. The number of hydrazone groups is 1. The molecule has 1 N–H and O–H groups in total. The first kappa shape index (κ1) is 32.3. The molecule has 12 heteroatoms. The molecule has 6 rings (SSSR count). The summed E-state index contributed by atoms with van der Waals surface area (Å²) in [6.45, 7) is 0.142. The van der Waals surface area contributed by atoms with Gasteiger partial charge in [-0.2, -0.15) is 5.10 Å². The number of carbonyl (C=O) groups is 2. The number of nitrogens with zero attached hydrogens (tertiary/aromatic N) is 5. The van der Waals surface area contributed by atoms with Crippen molar-refractivity contribution in [1.29, 1.82) is 0 Å². The highest BCUT2D eigenvalue weighted by Crippen LogP contribution is 2.42. The normalized spacial score (nSPS) is 13.9. The minimum Gasteiger partial charge on any atom is -0.497 e. The van der Waals surface area contributed by atoms with Gasteiger partial charge >= 0.3 is 0 Å². The Kier molecular flexibility index (Phi) is 10.0. The lowest BCUT2D eigenvalue weighted by Crippen LogP contribution is -2.29. The van der Waals surface area contributed by atoms with Crippen LogP contribution in [-0.4, -0.2) is 64.4 Å². The van der Waals surface area contributed by atoms with Crippen molar-refractivity contribution in [1.82, 2.24) is 25.1 Å². The van der Waals surface area contributed by atoms with E-state index in [0.717, 1.165) is 28.3 Å². The van der Waals surface area contributed by atoms with Crippen molar-refractivity contribution in [3.05, 3.63) is 126 Å². The van der Waals surface area contributed by atoms with Crippen molar-refractivity contribution in [2.24, 2.45) is 5.10 Å². The molecule has 244 valence electrons. The number of ether oxygens (including phenoxy) is 3. The summed E-state index contributed by atoms with van der Waals surface area (Å²) >= 11 is 1.25. The average Bonchev–Trinajstić information content (AvgIpc) is 3.78. The first-order valence-electron chi connectivity index (χ1n) is 15.2. The summed E-state index contributed by atoms with van der Waals surface area (Å²) in [5.74, 6) is 1.96. The second-order valence-corrected chi connectivity index (χ2v) is 11.7. The number of amides is 2.